The van der Waals surface area contributed by atoms with Gasteiger partial charge in [-0.15, -0.1) is 0 Å². The SMILES string of the molecule is CC(C)(NCc1nc(C2CC2)no1)C(C)(C)C(=O)O. The molecule has 6 heteroatoms. The standard InChI is InChI=1S/C13H21N3O3/c1-12(2,11(17)18)13(3,4)14-7-9-15-10(16-19-9)8-5-6-8/h8,14H,5-7H2,1-4H3,(H,17,18). The summed E-state index contributed by atoms with van der Waals surface area (Å²) in [6.07, 6.45) is 2.26. The molecule has 0 unspecified atom stereocenters. The Kier molecular flexibility index (Phi) is 3.38. The van der Waals surface area contributed by atoms with E-state index in [0.717, 1.165) is 18.7 Å². The van der Waals surface area contributed by atoms with Gasteiger partial charge in [0, 0.05) is 11.5 Å². The molecule has 1 aromatic rings. The van der Waals surface area contributed by atoms with Gasteiger partial charge in [0.2, 0.25) is 5.89 Å². The highest BCUT2D eigenvalue weighted by Gasteiger charge is 2.43. The lowest BCUT2D eigenvalue weighted by molar-refractivity contribution is -0.151. The first kappa shape index (κ1) is 14.0. The van der Waals surface area contributed by atoms with Crippen molar-refractivity contribution in [3.63, 3.8) is 0 Å². The van der Waals surface area contributed by atoms with Crippen molar-refractivity contribution in [1.82, 2.24) is 15.5 Å². The quantitative estimate of drug-likeness (QED) is 0.818. The molecular weight excluding hydrogens is 246 g/mol. The van der Waals surface area contributed by atoms with Crippen molar-refractivity contribution in [2.75, 3.05) is 0 Å². The van der Waals surface area contributed by atoms with E-state index in [4.69, 9.17) is 4.52 Å². The third-order valence-corrected chi connectivity index (χ3v) is 4.21. The van der Waals surface area contributed by atoms with Gasteiger partial charge < -0.3 is 14.9 Å². The minimum absolute atomic E-state index is 0.378. The van der Waals surface area contributed by atoms with Gasteiger partial charge in [-0.1, -0.05) is 5.16 Å². The van der Waals surface area contributed by atoms with Crippen molar-refractivity contribution in [3.8, 4) is 0 Å². The van der Waals surface area contributed by atoms with E-state index < -0.39 is 16.9 Å². The molecule has 1 aromatic heterocycles. The smallest absolute Gasteiger partial charge is 0.310 e. The fourth-order valence-electron chi connectivity index (χ4n) is 1.63. The highest BCUT2D eigenvalue weighted by atomic mass is 16.5. The van der Waals surface area contributed by atoms with Crippen molar-refractivity contribution < 1.29 is 14.4 Å². The molecule has 1 heterocycles. The normalized spacial score (nSPS) is 16.6. The summed E-state index contributed by atoms with van der Waals surface area (Å²) in [5.74, 6) is 0.901. The first-order valence-corrected chi connectivity index (χ1v) is 6.55. The minimum atomic E-state index is -0.896. The first-order chi connectivity index (χ1) is 8.74. The number of rotatable bonds is 6. The van der Waals surface area contributed by atoms with Crippen LogP contribution in [0, 0.1) is 5.41 Å². The van der Waals surface area contributed by atoms with Crippen LogP contribution < -0.4 is 5.32 Å². The van der Waals surface area contributed by atoms with Crippen LogP contribution in [0.2, 0.25) is 0 Å². The Morgan fingerprint density at radius 2 is 2.05 bits per heavy atom. The van der Waals surface area contributed by atoms with Crippen LogP contribution in [0.3, 0.4) is 0 Å². The van der Waals surface area contributed by atoms with Crippen molar-refractivity contribution in [2.45, 2.75) is 58.5 Å². The molecule has 0 atom stereocenters. The molecule has 1 fully saturated rings. The molecule has 19 heavy (non-hydrogen) atoms. The van der Waals surface area contributed by atoms with Gasteiger partial charge in [-0.25, -0.2) is 0 Å². The lowest BCUT2D eigenvalue weighted by Gasteiger charge is -2.38. The van der Waals surface area contributed by atoms with Gasteiger partial charge in [-0.3, -0.25) is 4.79 Å². The van der Waals surface area contributed by atoms with E-state index in [1.165, 1.54) is 0 Å². The maximum Gasteiger partial charge on any atom is 0.310 e. The Balaban J connectivity index is 1.98. The number of hydrogen-bond acceptors (Lipinski definition) is 5. The van der Waals surface area contributed by atoms with Crippen LogP contribution in [0.15, 0.2) is 4.52 Å². The molecule has 0 radical (unpaired) electrons. The molecule has 1 aliphatic carbocycles. The zero-order valence-corrected chi connectivity index (χ0v) is 11.9. The maximum absolute atomic E-state index is 11.3. The minimum Gasteiger partial charge on any atom is -0.481 e. The van der Waals surface area contributed by atoms with Gasteiger partial charge in [0.25, 0.3) is 0 Å². The number of aliphatic carboxylic acids is 1. The summed E-state index contributed by atoms with van der Waals surface area (Å²) in [5.41, 5.74) is -1.49. The first-order valence-electron chi connectivity index (χ1n) is 6.55. The second-order valence-corrected chi connectivity index (χ2v) is 6.23. The largest absolute Gasteiger partial charge is 0.481 e. The average Bonchev–Trinajstić information content (AvgIpc) is 3.06. The van der Waals surface area contributed by atoms with Gasteiger partial charge >= 0.3 is 5.97 Å². The van der Waals surface area contributed by atoms with E-state index in [1.807, 2.05) is 13.8 Å². The van der Waals surface area contributed by atoms with E-state index in [0.29, 0.717) is 18.4 Å². The van der Waals surface area contributed by atoms with Crippen LogP contribution in [0.1, 0.15) is 58.2 Å². The predicted molar refractivity (Wildman–Crippen MR) is 68.6 cm³/mol. The fraction of sp³-hybridized carbons (Fsp3) is 0.769. The molecule has 2 rings (SSSR count). The van der Waals surface area contributed by atoms with Crippen LogP contribution in [0.4, 0.5) is 0 Å². The molecule has 1 saturated carbocycles. The second kappa shape index (κ2) is 4.59. The summed E-state index contributed by atoms with van der Waals surface area (Å²) >= 11 is 0. The third-order valence-electron chi connectivity index (χ3n) is 4.21. The Bertz CT molecular complexity index is 475. The molecule has 0 bridgehead atoms. The summed E-state index contributed by atoms with van der Waals surface area (Å²) in [7, 11) is 0. The van der Waals surface area contributed by atoms with Crippen LogP contribution in [-0.2, 0) is 11.3 Å². The number of carboxylic acids is 1. The number of nitrogens with zero attached hydrogens (tertiary/aromatic N) is 2. The number of carbonyl (C=O) groups is 1. The summed E-state index contributed by atoms with van der Waals surface area (Å²) < 4.78 is 5.16. The monoisotopic (exact) mass is 267 g/mol. The average molecular weight is 267 g/mol. The van der Waals surface area contributed by atoms with Crippen molar-refractivity contribution >= 4 is 5.97 Å². The van der Waals surface area contributed by atoms with Gasteiger partial charge in [-0.2, -0.15) is 4.98 Å². The topological polar surface area (TPSA) is 88.3 Å². The van der Waals surface area contributed by atoms with Crippen molar-refractivity contribution in [3.05, 3.63) is 11.7 Å². The van der Waals surface area contributed by atoms with E-state index in [2.05, 4.69) is 15.5 Å². The molecule has 0 aliphatic heterocycles. The molecule has 106 valence electrons. The molecule has 0 spiro atoms. The van der Waals surface area contributed by atoms with Gasteiger partial charge in [0.15, 0.2) is 5.82 Å². The fourth-order valence-corrected chi connectivity index (χ4v) is 1.63. The highest BCUT2D eigenvalue weighted by molar-refractivity contribution is 5.75. The lowest BCUT2D eigenvalue weighted by atomic mass is 9.74. The zero-order chi connectivity index (χ0) is 14.3. The van der Waals surface area contributed by atoms with E-state index in [1.54, 1.807) is 13.8 Å². The highest BCUT2D eigenvalue weighted by Crippen LogP contribution is 2.38. The van der Waals surface area contributed by atoms with Crippen LogP contribution >= 0.6 is 0 Å². The van der Waals surface area contributed by atoms with E-state index in [9.17, 15) is 9.90 Å². The zero-order valence-electron chi connectivity index (χ0n) is 11.9. The predicted octanol–water partition coefficient (Wildman–Crippen LogP) is 1.93. The molecule has 0 saturated heterocycles. The summed E-state index contributed by atoms with van der Waals surface area (Å²) in [6, 6.07) is 0. The number of carboxylic acid groups (broad SMARTS) is 1. The molecule has 2 N–H and O–H groups in total. The van der Waals surface area contributed by atoms with Gasteiger partial charge in [-0.05, 0) is 40.5 Å². The van der Waals surface area contributed by atoms with E-state index in [-0.39, 0.29) is 0 Å². The Hall–Kier alpha value is -1.43. The molecular formula is C13H21N3O3. The van der Waals surface area contributed by atoms with Crippen LogP contribution in [0.5, 0.6) is 0 Å². The van der Waals surface area contributed by atoms with Crippen LogP contribution in [0.25, 0.3) is 0 Å². The molecule has 6 nitrogen and oxygen atoms in total. The Labute approximate surface area is 112 Å². The third kappa shape index (κ3) is 2.78. The van der Waals surface area contributed by atoms with Crippen molar-refractivity contribution in [2.24, 2.45) is 5.41 Å². The lowest BCUT2D eigenvalue weighted by Crippen LogP contribution is -2.54. The second-order valence-electron chi connectivity index (χ2n) is 6.23. The number of nitrogens with one attached hydrogen (secondary N) is 1. The maximum atomic E-state index is 11.3. The summed E-state index contributed by atoms with van der Waals surface area (Å²) in [4.78, 5) is 15.6. The van der Waals surface area contributed by atoms with E-state index >= 15 is 0 Å². The Morgan fingerprint density at radius 1 is 1.42 bits per heavy atom. The summed E-state index contributed by atoms with van der Waals surface area (Å²) in [5, 5.41) is 16.4. The molecule has 1 aliphatic rings. The van der Waals surface area contributed by atoms with Gasteiger partial charge in [0.05, 0.1) is 12.0 Å². The molecule has 0 amide bonds. The Morgan fingerprint density at radius 3 is 2.58 bits per heavy atom. The van der Waals surface area contributed by atoms with Gasteiger partial charge in [0.1, 0.15) is 0 Å². The number of hydrogen-bond donors (Lipinski definition) is 2. The number of aromatic nitrogens is 2. The van der Waals surface area contributed by atoms with Crippen LogP contribution in [-0.4, -0.2) is 26.8 Å². The molecule has 0 aromatic carbocycles. The summed E-state index contributed by atoms with van der Waals surface area (Å²) in [6.45, 7) is 7.50. The van der Waals surface area contributed by atoms with Crippen molar-refractivity contribution in [1.29, 1.82) is 0 Å².